The van der Waals surface area contributed by atoms with Crippen molar-refractivity contribution in [2.24, 2.45) is 28.9 Å². The van der Waals surface area contributed by atoms with Crippen molar-refractivity contribution >= 4 is 0 Å². The molecule has 3 aliphatic rings. The first kappa shape index (κ1) is 18.5. The maximum Gasteiger partial charge on any atom is -0.00114 e. The van der Waals surface area contributed by atoms with Crippen LogP contribution in [0.4, 0.5) is 0 Å². The Bertz CT molecular complexity index is 402. The van der Waals surface area contributed by atoms with Crippen LogP contribution in [0.5, 0.6) is 0 Å². The van der Waals surface area contributed by atoms with E-state index in [1.165, 1.54) is 96.3 Å². The fourth-order valence-corrected chi connectivity index (χ4v) is 5.83. The lowest BCUT2D eigenvalue weighted by molar-refractivity contribution is 0.158. The summed E-state index contributed by atoms with van der Waals surface area (Å²) in [6.07, 6.45) is 24.4. The predicted octanol–water partition coefficient (Wildman–Crippen LogP) is 6.62. The summed E-state index contributed by atoms with van der Waals surface area (Å²) in [5.74, 6) is 2.59. The van der Waals surface area contributed by atoms with Gasteiger partial charge < -0.3 is 5.73 Å². The number of nitrogens with two attached hydrogens (primary N) is 1. The highest BCUT2D eigenvalue weighted by molar-refractivity contribution is 5.10. The third-order valence-corrected chi connectivity index (χ3v) is 7.86. The lowest BCUT2D eigenvalue weighted by Gasteiger charge is -2.39. The fourth-order valence-electron chi connectivity index (χ4n) is 5.83. The molecule has 1 nitrogen and oxygen atoms in total. The number of hydrogen-bond donors (Lipinski definition) is 1. The maximum atomic E-state index is 6.20. The first-order valence-electron chi connectivity index (χ1n) is 11.1. The maximum absolute atomic E-state index is 6.20. The minimum atomic E-state index is 0.684. The molecule has 3 atom stereocenters. The van der Waals surface area contributed by atoms with Crippen molar-refractivity contribution in [2.45, 2.75) is 103 Å². The van der Waals surface area contributed by atoms with E-state index in [0.717, 1.165) is 18.4 Å². The molecule has 0 heterocycles. The van der Waals surface area contributed by atoms with Crippen molar-refractivity contribution in [2.75, 3.05) is 6.54 Å². The van der Waals surface area contributed by atoms with Gasteiger partial charge in [0.05, 0.1) is 0 Å². The highest BCUT2D eigenvalue weighted by atomic mass is 14.6. The van der Waals surface area contributed by atoms with Gasteiger partial charge in [0.15, 0.2) is 0 Å². The van der Waals surface area contributed by atoms with Crippen LogP contribution in [0, 0.1) is 23.2 Å². The van der Waals surface area contributed by atoms with Gasteiger partial charge in [-0.3, -0.25) is 0 Å². The Hall–Kier alpha value is -0.300. The second kappa shape index (κ2) is 8.88. The molecule has 3 aliphatic carbocycles. The van der Waals surface area contributed by atoms with Crippen LogP contribution < -0.4 is 5.73 Å². The summed E-state index contributed by atoms with van der Waals surface area (Å²) in [5, 5.41) is 0. The molecule has 2 unspecified atom stereocenters. The fraction of sp³-hybridized carbons (Fsp3) is 0.913. The normalized spacial score (nSPS) is 34.8. The van der Waals surface area contributed by atoms with E-state index in [-0.39, 0.29) is 0 Å². The minimum Gasteiger partial charge on any atom is -0.330 e. The van der Waals surface area contributed by atoms with E-state index >= 15 is 0 Å². The van der Waals surface area contributed by atoms with Crippen LogP contribution in [0.25, 0.3) is 0 Å². The lowest BCUT2D eigenvalue weighted by Crippen LogP contribution is -2.29. The molecular weight excluding hydrogens is 290 g/mol. The standard InChI is InChI=1S/C23H41N/c1-19-11-12-21(19)17-22(18-24)20-9-7-15-23(16-8-10-20)13-5-3-2-4-6-14-23/h9,19,21-22H,2-8,10-18,24H2,1H3/b20-9+/t19?,21-,22?/m1/s1. The molecule has 138 valence electrons. The summed E-state index contributed by atoms with van der Waals surface area (Å²) < 4.78 is 0. The van der Waals surface area contributed by atoms with E-state index in [4.69, 9.17) is 5.73 Å². The van der Waals surface area contributed by atoms with Gasteiger partial charge in [-0.2, -0.15) is 0 Å². The SMILES string of the molecule is CC1CC[C@@H]1CC(CN)/C1=C/CCC2(CCCCCCC2)CCC1. The highest BCUT2D eigenvalue weighted by Crippen LogP contribution is 2.45. The third kappa shape index (κ3) is 4.65. The van der Waals surface area contributed by atoms with E-state index in [2.05, 4.69) is 13.0 Å². The Morgan fingerprint density at radius 3 is 2.33 bits per heavy atom. The molecular formula is C23H41N. The Balaban J connectivity index is 1.58. The monoisotopic (exact) mass is 331 g/mol. The average molecular weight is 332 g/mol. The van der Waals surface area contributed by atoms with E-state index in [1.807, 2.05) is 0 Å². The Kier molecular flexibility index (Phi) is 6.84. The van der Waals surface area contributed by atoms with Crippen molar-refractivity contribution in [3.63, 3.8) is 0 Å². The van der Waals surface area contributed by atoms with E-state index in [0.29, 0.717) is 11.3 Å². The van der Waals surface area contributed by atoms with Gasteiger partial charge in [-0.25, -0.2) is 0 Å². The van der Waals surface area contributed by atoms with E-state index in [1.54, 1.807) is 5.57 Å². The zero-order valence-electron chi connectivity index (χ0n) is 16.2. The number of rotatable bonds is 4. The summed E-state index contributed by atoms with van der Waals surface area (Å²) >= 11 is 0. The van der Waals surface area contributed by atoms with E-state index in [9.17, 15) is 0 Å². The minimum absolute atomic E-state index is 0.684. The zero-order chi connectivity index (χ0) is 16.8. The second-order valence-electron chi connectivity index (χ2n) is 9.42. The van der Waals surface area contributed by atoms with Crippen molar-refractivity contribution in [3.8, 4) is 0 Å². The molecule has 0 aromatic heterocycles. The molecule has 0 amide bonds. The summed E-state index contributed by atoms with van der Waals surface area (Å²) in [7, 11) is 0. The summed E-state index contributed by atoms with van der Waals surface area (Å²) in [6.45, 7) is 3.31. The van der Waals surface area contributed by atoms with Crippen LogP contribution in [0.1, 0.15) is 103 Å². The smallest absolute Gasteiger partial charge is 0.00114 e. The first-order chi connectivity index (χ1) is 11.7. The van der Waals surface area contributed by atoms with Crippen molar-refractivity contribution in [1.29, 1.82) is 0 Å². The second-order valence-corrected chi connectivity index (χ2v) is 9.42. The molecule has 1 spiro atoms. The molecule has 0 aliphatic heterocycles. The topological polar surface area (TPSA) is 26.0 Å². The van der Waals surface area contributed by atoms with E-state index < -0.39 is 0 Å². The van der Waals surface area contributed by atoms with Gasteiger partial charge in [-0.15, -0.1) is 0 Å². The zero-order valence-corrected chi connectivity index (χ0v) is 16.2. The lowest BCUT2D eigenvalue weighted by atomic mass is 9.67. The highest BCUT2D eigenvalue weighted by Gasteiger charge is 2.32. The van der Waals surface area contributed by atoms with Crippen LogP contribution in [0.3, 0.4) is 0 Å². The molecule has 0 saturated heterocycles. The molecule has 24 heavy (non-hydrogen) atoms. The molecule has 0 aromatic carbocycles. The Morgan fingerprint density at radius 2 is 1.71 bits per heavy atom. The van der Waals surface area contributed by atoms with Gasteiger partial charge >= 0.3 is 0 Å². The van der Waals surface area contributed by atoms with Gasteiger partial charge in [-0.1, -0.05) is 57.1 Å². The molecule has 2 fully saturated rings. The molecule has 0 bridgehead atoms. The summed E-state index contributed by atoms with van der Waals surface area (Å²) in [5.41, 5.74) is 8.63. The first-order valence-corrected chi connectivity index (χ1v) is 11.1. The third-order valence-electron chi connectivity index (χ3n) is 7.86. The average Bonchev–Trinajstić information content (AvgIpc) is 2.53. The predicted molar refractivity (Wildman–Crippen MR) is 105 cm³/mol. The van der Waals surface area contributed by atoms with Gasteiger partial charge in [0, 0.05) is 0 Å². The van der Waals surface area contributed by atoms with Gasteiger partial charge in [0.2, 0.25) is 0 Å². The summed E-state index contributed by atoms with van der Waals surface area (Å²) in [6, 6.07) is 0. The van der Waals surface area contributed by atoms with Crippen molar-refractivity contribution in [1.82, 2.24) is 0 Å². The number of hydrogen-bond acceptors (Lipinski definition) is 1. The van der Waals surface area contributed by atoms with Gasteiger partial charge in [0.25, 0.3) is 0 Å². The molecule has 0 radical (unpaired) electrons. The molecule has 2 N–H and O–H groups in total. The quantitative estimate of drug-likeness (QED) is 0.576. The van der Waals surface area contributed by atoms with Gasteiger partial charge in [0.1, 0.15) is 0 Å². The van der Waals surface area contributed by atoms with Crippen LogP contribution in [-0.4, -0.2) is 6.54 Å². The van der Waals surface area contributed by atoms with Crippen LogP contribution in [0.15, 0.2) is 11.6 Å². The molecule has 3 rings (SSSR count). The molecule has 2 saturated carbocycles. The van der Waals surface area contributed by atoms with Crippen LogP contribution in [-0.2, 0) is 0 Å². The number of allylic oxidation sites excluding steroid dienone is 1. The van der Waals surface area contributed by atoms with Crippen LogP contribution in [0.2, 0.25) is 0 Å². The van der Waals surface area contributed by atoms with Gasteiger partial charge in [-0.05, 0) is 87.5 Å². The largest absolute Gasteiger partial charge is 0.330 e. The Morgan fingerprint density at radius 1 is 1.00 bits per heavy atom. The molecule has 1 heteroatoms. The molecule has 0 aromatic rings. The summed E-state index contributed by atoms with van der Waals surface area (Å²) in [4.78, 5) is 0. The van der Waals surface area contributed by atoms with Crippen molar-refractivity contribution < 1.29 is 0 Å². The Labute approximate surface area is 150 Å². The van der Waals surface area contributed by atoms with Crippen LogP contribution >= 0.6 is 0 Å². The van der Waals surface area contributed by atoms with Crippen molar-refractivity contribution in [3.05, 3.63) is 11.6 Å².